The third-order valence-corrected chi connectivity index (χ3v) is 3.54. The molecule has 0 radical (unpaired) electrons. The van der Waals surface area contributed by atoms with Gasteiger partial charge in [-0.2, -0.15) is 5.26 Å². The normalized spacial score (nSPS) is 10.3. The van der Waals surface area contributed by atoms with Gasteiger partial charge in [-0.25, -0.2) is 0 Å². The van der Waals surface area contributed by atoms with E-state index in [1.54, 1.807) is 0 Å². The third-order valence-electron chi connectivity index (χ3n) is 2.49. The molecule has 3 nitrogen and oxygen atoms in total. The summed E-state index contributed by atoms with van der Waals surface area (Å²) in [6.07, 6.45) is 1.92. The number of ether oxygens (including phenoxy) is 2. The Morgan fingerprint density at radius 1 is 1.22 bits per heavy atom. The molecule has 0 aliphatic carbocycles. The van der Waals surface area contributed by atoms with Gasteiger partial charge in [-0.15, -0.1) is 0 Å². The molecule has 0 saturated heterocycles. The fraction of sp³-hybridized carbons (Fsp3) is 0.500. The van der Waals surface area contributed by atoms with Gasteiger partial charge in [0.15, 0.2) is 0 Å². The van der Waals surface area contributed by atoms with E-state index in [0.29, 0.717) is 13.2 Å². The van der Waals surface area contributed by atoms with Crippen molar-refractivity contribution in [2.75, 3.05) is 26.4 Å². The topological polar surface area (TPSA) is 42.2 Å². The van der Waals surface area contributed by atoms with E-state index < -0.39 is 0 Å². The highest BCUT2D eigenvalue weighted by molar-refractivity contribution is 14.1. The molecule has 4 heteroatoms. The zero-order chi connectivity index (χ0) is 13.2. The molecule has 0 atom stereocenters. The lowest BCUT2D eigenvalue weighted by Gasteiger charge is -2.06. The largest absolute Gasteiger partial charge is 0.379 e. The molecule has 1 aromatic rings. The van der Waals surface area contributed by atoms with Crippen molar-refractivity contribution in [2.24, 2.45) is 0 Å². The van der Waals surface area contributed by atoms with Crippen molar-refractivity contribution in [3.05, 3.63) is 32.9 Å². The molecule has 0 aliphatic rings. The van der Waals surface area contributed by atoms with Crippen LogP contribution in [0.2, 0.25) is 0 Å². The number of aryl methyl sites for hydroxylation is 1. The van der Waals surface area contributed by atoms with Crippen LogP contribution in [0.25, 0.3) is 0 Å². The van der Waals surface area contributed by atoms with Gasteiger partial charge in [0.1, 0.15) is 0 Å². The fourth-order valence-corrected chi connectivity index (χ4v) is 2.17. The summed E-state index contributed by atoms with van der Waals surface area (Å²) >= 11 is 2.30. The molecule has 1 rings (SSSR count). The maximum Gasteiger partial charge on any atom is 0.0991 e. The molecule has 18 heavy (non-hydrogen) atoms. The van der Waals surface area contributed by atoms with E-state index in [1.165, 1.54) is 9.13 Å². The summed E-state index contributed by atoms with van der Waals surface area (Å²) in [7, 11) is 0. The van der Waals surface area contributed by atoms with Gasteiger partial charge in [-0.05, 0) is 66.1 Å². The first kappa shape index (κ1) is 15.4. The van der Waals surface area contributed by atoms with E-state index in [4.69, 9.17) is 14.7 Å². The van der Waals surface area contributed by atoms with E-state index in [9.17, 15) is 0 Å². The molecule has 0 aromatic heterocycles. The van der Waals surface area contributed by atoms with Crippen LogP contribution in [-0.2, 0) is 15.9 Å². The number of nitriles is 1. The molecule has 0 bridgehead atoms. The van der Waals surface area contributed by atoms with Crippen molar-refractivity contribution < 1.29 is 9.47 Å². The Kier molecular flexibility index (Phi) is 7.98. The standard InChI is InChI=1S/C14H18INO2/c1-2-17-8-9-18-7-3-4-13-10-12(11-16)5-6-14(13)15/h5-6,10H,2-4,7-9H2,1H3. The Hall–Kier alpha value is -0.640. The van der Waals surface area contributed by atoms with Gasteiger partial charge in [0, 0.05) is 16.8 Å². The van der Waals surface area contributed by atoms with Gasteiger partial charge in [-0.3, -0.25) is 0 Å². The van der Waals surface area contributed by atoms with Gasteiger partial charge < -0.3 is 9.47 Å². The molecule has 0 spiro atoms. The Morgan fingerprint density at radius 3 is 2.72 bits per heavy atom. The molecule has 0 unspecified atom stereocenters. The molecule has 0 N–H and O–H groups in total. The summed E-state index contributed by atoms with van der Waals surface area (Å²) in [5.41, 5.74) is 1.95. The van der Waals surface area contributed by atoms with Crippen molar-refractivity contribution in [1.29, 1.82) is 5.26 Å². The maximum atomic E-state index is 8.85. The Bertz CT molecular complexity index is 401. The van der Waals surface area contributed by atoms with E-state index in [-0.39, 0.29) is 0 Å². The van der Waals surface area contributed by atoms with Gasteiger partial charge in [0.05, 0.1) is 24.8 Å². The zero-order valence-corrected chi connectivity index (χ0v) is 12.8. The second-order valence-electron chi connectivity index (χ2n) is 3.83. The Labute approximate surface area is 122 Å². The van der Waals surface area contributed by atoms with Crippen LogP contribution in [0.5, 0.6) is 0 Å². The molecule has 0 fully saturated rings. The second-order valence-corrected chi connectivity index (χ2v) is 4.99. The first-order chi connectivity index (χ1) is 8.77. The lowest BCUT2D eigenvalue weighted by atomic mass is 10.1. The Balaban J connectivity index is 2.25. The van der Waals surface area contributed by atoms with Crippen LogP contribution < -0.4 is 0 Å². The minimum absolute atomic E-state index is 0.656. The van der Waals surface area contributed by atoms with Crippen LogP contribution in [0, 0.1) is 14.9 Å². The van der Waals surface area contributed by atoms with Gasteiger partial charge in [0.2, 0.25) is 0 Å². The summed E-state index contributed by atoms with van der Waals surface area (Å²) in [6.45, 7) is 4.77. The number of rotatable bonds is 8. The van der Waals surface area contributed by atoms with Crippen LogP contribution in [0.4, 0.5) is 0 Å². The summed E-state index contributed by atoms with van der Waals surface area (Å²) in [6, 6.07) is 7.97. The van der Waals surface area contributed by atoms with Crippen LogP contribution in [0.1, 0.15) is 24.5 Å². The molecule has 0 heterocycles. The predicted molar refractivity (Wildman–Crippen MR) is 79.5 cm³/mol. The molecular formula is C14H18INO2. The first-order valence-electron chi connectivity index (χ1n) is 6.12. The van der Waals surface area contributed by atoms with Gasteiger partial charge in [0.25, 0.3) is 0 Å². The van der Waals surface area contributed by atoms with Crippen LogP contribution in [-0.4, -0.2) is 26.4 Å². The van der Waals surface area contributed by atoms with E-state index >= 15 is 0 Å². The molecule has 0 aliphatic heterocycles. The third kappa shape index (κ3) is 5.80. The van der Waals surface area contributed by atoms with E-state index in [0.717, 1.165) is 31.6 Å². The van der Waals surface area contributed by atoms with Gasteiger partial charge in [-0.1, -0.05) is 0 Å². The molecule has 1 aromatic carbocycles. The SMILES string of the molecule is CCOCCOCCCc1cc(C#N)ccc1I. The molecule has 98 valence electrons. The van der Waals surface area contributed by atoms with Crippen molar-refractivity contribution in [3.8, 4) is 6.07 Å². The van der Waals surface area contributed by atoms with E-state index in [1.807, 2.05) is 25.1 Å². The average molecular weight is 359 g/mol. The summed E-state index contributed by atoms with van der Waals surface area (Å²) in [5, 5.41) is 8.85. The highest BCUT2D eigenvalue weighted by Gasteiger charge is 2.01. The van der Waals surface area contributed by atoms with E-state index in [2.05, 4.69) is 28.7 Å². The van der Waals surface area contributed by atoms with Crippen molar-refractivity contribution in [3.63, 3.8) is 0 Å². The number of hydrogen-bond acceptors (Lipinski definition) is 3. The molecule has 0 amide bonds. The van der Waals surface area contributed by atoms with Gasteiger partial charge >= 0.3 is 0 Å². The smallest absolute Gasteiger partial charge is 0.0991 e. The monoisotopic (exact) mass is 359 g/mol. The summed E-state index contributed by atoms with van der Waals surface area (Å²) in [4.78, 5) is 0. The lowest BCUT2D eigenvalue weighted by molar-refractivity contribution is 0.0520. The number of hydrogen-bond donors (Lipinski definition) is 0. The quantitative estimate of drug-likeness (QED) is 0.529. The van der Waals surface area contributed by atoms with Crippen molar-refractivity contribution >= 4 is 22.6 Å². The maximum absolute atomic E-state index is 8.85. The number of benzene rings is 1. The lowest BCUT2D eigenvalue weighted by Crippen LogP contribution is -2.05. The number of halogens is 1. The summed E-state index contributed by atoms with van der Waals surface area (Å²) in [5.74, 6) is 0. The second kappa shape index (κ2) is 9.31. The average Bonchev–Trinajstić information content (AvgIpc) is 2.39. The van der Waals surface area contributed by atoms with Crippen LogP contribution in [0.3, 0.4) is 0 Å². The molecular weight excluding hydrogens is 341 g/mol. The predicted octanol–water partition coefficient (Wildman–Crippen LogP) is 3.15. The van der Waals surface area contributed by atoms with Crippen molar-refractivity contribution in [1.82, 2.24) is 0 Å². The van der Waals surface area contributed by atoms with Crippen LogP contribution in [0.15, 0.2) is 18.2 Å². The first-order valence-corrected chi connectivity index (χ1v) is 7.19. The number of nitrogens with zero attached hydrogens (tertiary/aromatic N) is 1. The highest BCUT2D eigenvalue weighted by Crippen LogP contribution is 2.15. The zero-order valence-electron chi connectivity index (χ0n) is 10.6. The minimum Gasteiger partial charge on any atom is -0.379 e. The summed E-state index contributed by atoms with van der Waals surface area (Å²) < 4.78 is 11.9. The van der Waals surface area contributed by atoms with Crippen LogP contribution >= 0.6 is 22.6 Å². The Morgan fingerprint density at radius 2 is 2.00 bits per heavy atom. The fourth-order valence-electron chi connectivity index (χ4n) is 1.56. The molecule has 0 saturated carbocycles. The van der Waals surface area contributed by atoms with Crippen molar-refractivity contribution in [2.45, 2.75) is 19.8 Å². The highest BCUT2D eigenvalue weighted by atomic mass is 127. The minimum atomic E-state index is 0.656.